The zero-order valence-electron chi connectivity index (χ0n) is 9.91. The van der Waals surface area contributed by atoms with Crippen molar-refractivity contribution in [3.05, 3.63) is 23.9 Å². The van der Waals surface area contributed by atoms with Crippen LogP contribution < -0.4 is 29.6 Å². The maximum absolute atomic E-state index is 11.9. The summed E-state index contributed by atoms with van der Waals surface area (Å²) in [6, 6.07) is 0. The number of Topliss-reactive ketones (excluding diaryl/α,β-unsaturated/α-hetero) is 2. The third-order valence-electron chi connectivity index (χ3n) is 2.02. The fourth-order valence-corrected chi connectivity index (χ4v) is 1.19. The Morgan fingerprint density at radius 1 is 1.53 bits per heavy atom. The molecule has 0 bridgehead atoms. The van der Waals surface area contributed by atoms with Gasteiger partial charge in [0.1, 0.15) is 5.78 Å². The Balaban J connectivity index is 0.00000256. The normalized spacial score (nSPS) is 9.94. The van der Waals surface area contributed by atoms with Crippen molar-refractivity contribution in [1.29, 1.82) is 0 Å². The largest absolute Gasteiger partial charge is 1.00 e. The van der Waals surface area contributed by atoms with E-state index in [1.807, 2.05) is 6.92 Å². The molecule has 4 nitrogen and oxygen atoms in total. The van der Waals surface area contributed by atoms with Crippen LogP contribution in [-0.2, 0) is 11.3 Å². The number of hydrogen-bond acceptors (Lipinski definition) is 3. The van der Waals surface area contributed by atoms with E-state index in [2.05, 4.69) is 5.10 Å². The van der Waals surface area contributed by atoms with Crippen LogP contribution in [0.1, 0.15) is 23.0 Å². The zero-order chi connectivity index (χ0) is 12.3. The second kappa shape index (κ2) is 6.88. The second-order valence-corrected chi connectivity index (χ2v) is 3.20. The first kappa shape index (κ1) is 16.3. The fourth-order valence-electron chi connectivity index (χ4n) is 1.19. The van der Waals surface area contributed by atoms with Crippen LogP contribution in [0.5, 0.6) is 0 Å². The number of nitrogens with zero attached hydrogens (tertiary/aromatic N) is 2. The quantitative estimate of drug-likeness (QED) is 0.275. The first-order chi connectivity index (χ1) is 7.45. The molecule has 0 spiro atoms. The number of alkyl halides is 2. The molecule has 0 aliphatic rings. The van der Waals surface area contributed by atoms with Crippen molar-refractivity contribution >= 4 is 11.6 Å². The van der Waals surface area contributed by atoms with Crippen molar-refractivity contribution in [3.8, 4) is 0 Å². The predicted octanol–water partition coefficient (Wildman–Crippen LogP) is -1.56. The van der Waals surface area contributed by atoms with E-state index in [-0.39, 0.29) is 35.1 Å². The maximum Gasteiger partial charge on any atom is 1.00 e. The van der Waals surface area contributed by atoms with E-state index in [1.165, 1.54) is 10.9 Å². The molecule has 17 heavy (non-hydrogen) atoms. The Hall–Kier alpha value is -0.720. The van der Waals surface area contributed by atoms with Crippen molar-refractivity contribution in [2.75, 3.05) is 0 Å². The standard InChI is InChI=1S/C10H11F2N2O2.Na/c1-3-14-5-7(6(2)13-14)8(15)4-9(16)10(11)12;/h4-5,10H,3H2,1-2H3;/q-1;+1. The van der Waals surface area contributed by atoms with Gasteiger partial charge >= 0.3 is 29.6 Å². The van der Waals surface area contributed by atoms with Crippen LogP contribution in [0.4, 0.5) is 8.78 Å². The summed E-state index contributed by atoms with van der Waals surface area (Å²) in [5, 5.41) is 3.98. The minimum atomic E-state index is -3.15. The van der Waals surface area contributed by atoms with E-state index in [9.17, 15) is 18.4 Å². The molecule has 1 aromatic rings. The van der Waals surface area contributed by atoms with Gasteiger partial charge in [-0.25, -0.2) is 8.78 Å². The molecule has 0 aromatic carbocycles. The van der Waals surface area contributed by atoms with Gasteiger partial charge in [0.15, 0.2) is 0 Å². The molecule has 0 radical (unpaired) electrons. The summed E-state index contributed by atoms with van der Waals surface area (Å²) in [5.41, 5.74) is 0.598. The SMILES string of the molecule is CCn1cc(C(=O)[CH-]C(=O)C(F)F)c(C)n1.[Na+]. The first-order valence-corrected chi connectivity index (χ1v) is 4.70. The smallest absolute Gasteiger partial charge is 0.331 e. The summed E-state index contributed by atoms with van der Waals surface area (Å²) in [6.07, 6.45) is -1.30. The molecule has 88 valence electrons. The summed E-state index contributed by atoms with van der Waals surface area (Å²) >= 11 is 0. The molecule has 0 N–H and O–H groups in total. The fraction of sp³-hybridized carbons (Fsp3) is 0.400. The molecule has 1 heterocycles. The second-order valence-electron chi connectivity index (χ2n) is 3.20. The Labute approximate surface area is 120 Å². The number of carbonyl (C=O) groups excluding carboxylic acids is 2. The van der Waals surface area contributed by atoms with E-state index >= 15 is 0 Å². The van der Waals surface area contributed by atoms with E-state index in [0.717, 1.165) is 0 Å². The summed E-state index contributed by atoms with van der Waals surface area (Å²) in [4.78, 5) is 22.1. The number of rotatable bonds is 5. The molecule has 1 aromatic heterocycles. The Bertz CT molecular complexity index is 418. The Morgan fingerprint density at radius 3 is 2.53 bits per heavy atom. The first-order valence-electron chi connectivity index (χ1n) is 4.70. The van der Waals surface area contributed by atoms with Gasteiger partial charge in [-0.15, -0.1) is 6.42 Å². The molecule has 0 fully saturated rings. The monoisotopic (exact) mass is 252 g/mol. The summed E-state index contributed by atoms with van der Waals surface area (Å²) < 4.78 is 25.3. The van der Waals surface area contributed by atoms with E-state index in [4.69, 9.17) is 0 Å². The number of aryl methyl sites for hydroxylation is 2. The third kappa shape index (κ3) is 4.22. The number of hydrogen-bond donors (Lipinski definition) is 0. The summed E-state index contributed by atoms with van der Waals surface area (Å²) in [6.45, 7) is 3.98. The topological polar surface area (TPSA) is 52.0 Å². The molecular weight excluding hydrogens is 241 g/mol. The van der Waals surface area contributed by atoms with Gasteiger partial charge in [-0.2, -0.15) is 5.10 Å². The molecule has 1 rings (SSSR count). The number of carbonyl (C=O) groups is 2. The van der Waals surface area contributed by atoms with Crippen LogP contribution in [0.15, 0.2) is 6.20 Å². The molecule has 0 saturated carbocycles. The van der Waals surface area contributed by atoms with Crippen LogP contribution in [0.3, 0.4) is 0 Å². The minimum Gasteiger partial charge on any atom is -0.331 e. The average Bonchev–Trinajstić information content (AvgIpc) is 2.59. The summed E-state index contributed by atoms with van der Waals surface area (Å²) in [7, 11) is 0. The molecule has 0 aliphatic heterocycles. The Morgan fingerprint density at radius 2 is 2.12 bits per heavy atom. The van der Waals surface area contributed by atoms with Gasteiger partial charge < -0.3 is 9.59 Å². The van der Waals surface area contributed by atoms with Gasteiger partial charge in [-0.3, -0.25) is 4.68 Å². The van der Waals surface area contributed by atoms with Gasteiger partial charge in [-0.05, 0) is 25.7 Å². The number of aromatic nitrogens is 2. The molecule has 0 aliphatic carbocycles. The third-order valence-corrected chi connectivity index (χ3v) is 2.02. The van der Waals surface area contributed by atoms with E-state index in [0.29, 0.717) is 18.7 Å². The minimum absolute atomic E-state index is 0. The molecule has 0 amide bonds. The average molecular weight is 252 g/mol. The molecular formula is C10H11F2N2NaO2. The van der Waals surface area contributed by atoms with E-state index < -0.39 is 18.0 Å². The van der Waals surface area contributed by atoms with Crippen molar-refractivity contribution < 1.29 is 47.9 Å². The zero-order valence-corrected chi connectivity index (χ0v) is 11.9. The van der Waals surface area contributed by atoms with Crippen LogP contribution in [-0.4, -0.2) is 27.8 Å². The van der Waals surface area contributed by atoms with Crippen molar-refractivity contribution in [3.63, 3.8) is 0 Å². The van der Waals surface area contributed by atoms with Gasteiger partial charge in [0.05, 0.1) is 0 Å². The van der Waals surface area contributed by atoms with Crippen LogP contribution in [0.2, 0.25) is 0 Å². The van der Waals surface area contributed by atoms with Crippen molar-refractivity contribution in [1.82, 2.24) is 9.78 Å². The van der Waals surface area contributed by atoms with E-state index in [1.54, 1.807) is 6.92 Å². The van der Waals surface area contributed by atoms with Crippen LogP contribution in [0, 0.1) is 13.3 Å². The molecule has 7 heteroatoms. The number of ketones is 2. The molecule has 0 unspecified atom stereocenters. The number of halogens is 2. The predicted molar refractivity (Wildman–Crippen MR) is 52.3 cm³/mol. The van der Waals surface area contributed by atoms with Crippen LogP contribution in [0.25, 0.3) is 0 Å². The Kier molecular flexibility index (Phi) is 6.59. The van der Waals surface area contributed by atoms with Crippen molar-refractivity contribution in [2.45, 2.75) is 26.8 Å². The van der Waals surface area contributed by atoms with Crippen LogP contribution >= 0.6 is 0 Å². The summed E-state index contributed by atoms with van der Waals surface area (Å²) in [5.74, 6) is -2.21. The molecule has 0 atom stereocenters. The van der Waals surface area contributed by atoms with Gasteiger partial charge in [-0.1, -0.05) is 5.56 Å². The van der Waals surface area contributed by atoms with Gasteiger partial charge in [0.25, 0.3) is 6.43 Å². The van der Waals surface area contributed by atoms with Gasteiger partial charge in [0, 0.05) is 12.3 Å². The van der Waals surface area contributed by atoms with Crippen molar-refractivity contribution in [2.24, 2.45) is 0 Å². The maximum atomic E-state index is 11.9. The van der Waals surface area contributed by atoms with Gasteiger partial charge in [0.2, 0.25) is 0 Å². The molecule has 0 saturated heterocycles.